The predicted molar refractivity (Wildman–Crippen MR) is 144 cm³/mol. The van der Waals surface area contributed by atoms with Gasteiger partial charge in [-0.3, -0.25) is 0 Å². The third-order valence-corrected chi connectivity index (χ3v) is 18.3. The smallest absolute Gasteiger partial charge is 0.192 e. The van der Waals surface area contributed by atoms with Gasteiger partial charge in [-0.15, -0.1) is 0 Å². The van der Waals surface area contributed by atoms with Gasteiger partial charge in [-0.05, 0) is 101 Å². The lowest BCUT2D eigenvalue weighted by Crippen LogP contribution is -2.52. The molecule has 2 fully saturated rings. The zero-order valence-electron chi connectivity index (χ0n) is 22.9. The van der Waals surface area contributed by atoms with E-state index in [0.29, 0.717) is 17.9 Å². The molecule has 3 aliphatic carbocycles. The van der Waals surface area contributed by atoms with Crippen molar-refractivity contribution in [3.8, 4) is 0 Å². The molecule has 4 atom stereocenters. The summed E-state index contributed by atoms with van der Waals surface area (Å²) in [6.45, 7) is 17.5. The average Bonchev–Trinajstić information content (AvgIpc) is 3.08. The maximum atomic E-state index is 13.4. The molecule has 3 nitrogen and oxygen atoms in total. The molecule has 0 radical (unpaired) electrons. The number of hydrogen-bond donors (Lipinski definition) is 0. The summed E-state index contributed by atoms with van der Waals surface area (Å²) in [5, 5.41) is 0. The molecule has 0 aromatic rings. The molecular weight excluding hydrogens is 444 g/mol. The third-order valence-electron chi connectivity index (χ3n) is 10.2. The van der Waals surface area contributed by atoms with E-state index in [4.69, 9.17) is 4.43 Å². The fraction of sp³-hybridized carbons (Fsp3) is 0.929. The number of rotatable bonds is 10. The predicted octanol–water partition coefficient (Wildman–Crippen LogP) is 8.07. The van der Waals surface area contributed by atoms with Crippen molar-refractivity contribution >= 4 is 18.2 Å². The summed E-state index contributed by atoms with van der Waals surface area (Å²) >= 11 is 0. The van der Waals surface area contributed by atoms with Crippen LogP contribution >= 0.6 is 0 Å². The van der Waals surface area contributed by atoms with E-state index in [1.54, 1.807) is 5.57 Å². The molecule has 0 aromatic carbocycles. The molecule has 0 saturated heterocycles. The molecule has 3 aliphatic rings. The first-order chi connectivity index (χ1) is 15.3. The Balaban J connectivity index is 1.72. The summed E-state index contributed by atoms with van der Waals surface area (Å²) in [4.78, 5) is 0. The first kappa shape index (κ1) is 27.5. The molecule has 0 spiro atoms. The monoisotopic (exact) mass is 496 g/mol. The highest BCUT2D eigenvalue weighted by atomic mass is 32.2. The van der Waals surface area contributed by atoms with Crippen LogP contribution in [0.2, 0.25) is 18.1 Å². The van der Waals surface area contributed by atoms with Gasteiger partial charge in [0.05, 0.1) is 9.49 Å². The van der Waals surface area contributed by atoms with Gasteiger partial charge in [-0.25, -0.2) is 8.42 Å². The van der Waals surface area contributed by atoms with Crippen molar-refractivity contribution < 1.29 is 12.8 Å². The summed E-state index contributed by atoms with van der Waals surface area (Å²) in [5.74, 6) is 1.06. The molecule has 192 valence electrons. The summed E-state index contributed by atoms with van der Waals surface area (Å²) < 4.78 is 32.8. The molecule has 0 aliphatic heterocycles. The molecule has 0 bridgehead atoms. The molecule has 0 heterocycles. The Labute approximate surface area is 206 Å². The van der Waals surface area contributed by atoms with Crippen LogP contribution in [0.3, 0.4) is 0 Å². The second-order valence-corrected chi connectivity index (χ2v) is 20.6. The number of hydrogen-bond acceptors (Lipinski definition) is 3. The van der Waals surface area contributed by atoms with E-state index in [2.05, 4.69) is 40.7 Å². The van der Waals surface area contributed by atoms with Crippen molar-refractivity contribution in [2.75, 3.05) is 0 Å². The summed E-state index contributed by atoms with van der Waals surface area (Å²) in [6, 6.07) is 3.67. The lowest BCUT2D eigenvalue weighted by molar-refractivity contribution is 0.0173. The van der Waals surface area contributed by atoms with Gasteiger partial charge in [0.2, 0.25) is 0 Å². The van der Waals surface area contributed by atoms with Gasteiger partial charge in [0.25, 0.3) is 0 Å². The highest BCUT2D eigenvalue weighted by molar-refractivity contribution is 7.94. The quantitative estimate of drug-likeness (QED) is 0.227. The molecule has 0 aromatic heterocycles. The Morgan fingerprint density at radius 3 is 2.18 bits per heavy atom. The lowest BCUT2D eigenvalue weighted by atomic mass is 9.62. The maximum absolute atomic E-state index is 13.4. The minimum atomic E-state index is -3.13. The standard InChI is InChI=1S/C28H52O3SSi/c1-9-33(10-2,11-3)31-25-14-12-18-27(8)23(15-16-24(25)27)22(4)17-21-28(19-13-20-28)32(29,30)26(5,6)7/h15,22,24-25H,9-14,16-21H2,1-8H3/t22-,24+,25+,27-/m1/s1. The zero-order chi connectivity index (χ0) is 24.7. The Hall–Kier alpha value is -0.133. The van der Waals surface area contributed by atoms with Crippen LogP contribution in [0.15, 0.2) is 11.6 Å². The van der Waals surface area contributed by atoms with Gasteiger partial charge in [0, 0.05) is 6.10 Å². The van der Waals surface area contributed by atoms with E-state index >= 15 is 0 Å². The van der Waals surface area contributed by atoms with Crippen molar-refractivity contribution in [2.45, 2.75) is 147 Å². The second-order valence-electron chi connectivity index (χ2n) is 12.8. The number of fused-ring (bicyclic) bond motifs is 1. The van der Waals surface area contributed by atoms with Crippen molar-refractivity contribution in [3.05, 3.63) is 11.6 Å². The molecule has 2 saturated carbocycles. The van der Waals surface area contributed by atoms with Crippen LogP contribution in [0.5, 0.6) is 0 Å². The SMILES string of the molecule is CC[Si](CC)(CC)O[C@H]1CCC[C@]2(C)C([C@H](C)CCC3(S(=O)(=O)C(C)(C)C)CCC3)=CC[C@@H]12. The van der Waals surface area contributed by atoms with Crippen LogP contribution in [0, 0.1) is 17.3 Å². The Morgan fingerprint density at radius 1 is 1.09 bits per heavy atom. The van der Waals surface area contributed by atoms with Crippen molar-refractivity contribution in [1.82, 2.24) is 0 Å². The average molecular weight is 497 g/mol. The Bertz CT molecular complexity index is 808. The fourth-order valence-corrected chi connectivity index (χ4v) is 12.9. The zero-order valence-corrected chi connectivity index (χ0v) is 24.7. The molecular formula is C28H52O3SSi. The van der Waals surface area contributed by atoms with Gasteiger partial charge < -0.3 is 4.43 Å². The highest BCUT2D eigenvalue weighted by Crippen LogP contribution is 2.57. The normalized spacial score (nSPS) is 31.0. The highest BCUT2D eigenvalue weighted by Gasteiger charge is 2.54. The molecule has 5 heteroatoms. The number of sulfone groups is 1. The molecule has 3 rings (SSSR count). The third kappa shape index (κ3) is 4.69. The topological polar surface area (TPSA) is 43.4 Å². The van der Waals surface area contributed by atoms with Gasteiger partial charge in [0.1, 0.15) is 0 Å². The summed E-state index contributed by atoms with van der Waals surface area (Å²) in [5.41, 5.74) is 1.84. The van der Waals surface area contributed by atoms with Crippen LogP contribution in [0.25, 0.3) is 0 Å². The van der Waals surface area contributed by atoms with Crippen LogP contribution in [0.1, 0.15) is 113 Å². The Kier molecular flexibility index (Phi) is 8.09. The van der Waals surface area contributed by atoms with E-state index in [1.165, 1.54) is 37.4 Å². The van der Waals surface area contributed by atoms with Crippen LogP contribution in [0.4, 0.5) is 0 Å². The van der Waals surface area contributed by atoms with Gasteiger partial charge in [-0.1, -0.05) is 59.1 Å². The molecule has 0 amide bonds. The summed E-state index contributed by atoms with van der Waals surface area (Å²) in [7, 11) is -4.74. The van der Waals surface area contributed by atoms with E-state index in [-0.39, 0.29) is 5.41 Å². The van der Waals surface area contributed by atoms with E-state index in [0.717, 1.165) is 38.5 Å². The first-order valence-electron chi connectivity index (χ1n) is 13.9. The largest absolute Gasteiger partial charge is 0.414 e. The van der Waals surface area contributed by atoms with Crippen LogP contribution < -0.4 is 0 Å². The minimum absolute atomic E-state index is 0.230. The lowest BCUT2D eigenvalue weighted by Gasteiger charge is -2.48. The van der Waals surface area contributed by atoms with E-state index in [1.807, 2.05) is 20.8 Å². The second kappa shape index (κ2) is 9.73. The van der Waals surface area contributed by atoms with E-state index < -0.39 is 27.6 Å². The van der Waals surface area contributed by atoms with Gasteiger partial charge in [0.15, 0.2) is 18.2 Å². The first-order valence-corrected chi connectivity index (χ1v) is 18.0. The van der Waals surface area contributed by atoms with Gasteiger partial charge >= 0.3 is 0 Å². The van der Waals surface area contributed by atoms with E-state index in [9.17, 15) is 8.42 Å². The van der Waals surface area contributed by atoms with Crippen molar-refractivity contribution in [3.63, 3.8) is 0 Å². The van der Waals surface area contributed by atoms with Crippen LogP contribution in [-0.2, 0) is 14.3 Å². The molecule has 0 N–H and O–H groups in total. The van der Waals surface area contributed by atoms with Crippen LogP contribution in [-0.4, -0.2) is 32.3 Å². The molecule has 0 unspecified atom stereocenters. The van der Waals surface area contributed by atoms with Crippen molar-refractivity contribution in [1.29, 1.82) is 0 Å². The summed E-state index contributed by atoms with van der Waals surface area (Å²) in [6.07, 6.45) is 12.4. The minimum Gasteiger partial charge on any atom is -0.414 e. The number of allylic oxidation sites excluding steroid dienone is 2. The van der Waals surface area contributed by atoms with Gasteiger partial charge in [-0.2, -0.15) is 0 Å². The Morgan fingerprint density at radius 2 is 1.70 bits per heavy atom. The maximum Gasteiger partial charge on any atom is 0.192 e. The molecule has 33 heavy (non-hydrogen) atoms. The fourth-order valence-electron chi connectivity index (χ4n) is 7.46. The van der Waals surface area contributed by atoms with Crippen molar-refractivity contribution in [2.24, 2.45) is 17.3 Å².